The number of aliphatic carboxylic acids is 1. The van der Waals surface area contributed by atoms with Gasteiger partial charge in [0, 0.05) is 42.4 Å². The monoisotopic (exact) mass is 488 g/mol. The highest BCUT2D eigenvalue weighted by atomic mass is 16.5. The van der Waals surface area contributed by atoms with Crippen molar-refractivity contribution in [3.05, 3.63) is 65.5 Å². The Morgan fingerprint density at radius 2 is 2.08 bits per heavy atom. The lowest BCUT2D eigenvalue weighted by Gasteiger charge is -2.35. The predicted molar refractivity (Wildman–Crippen MR) is 137 cm³/mol. The number of nitrogens with zero attached hydrogens (tertiary/aromatic N) is 2. The summed E-state index contributed by atoms with van der Waals surface area (Å²) < 4.78 is 5.91. The molecule has 1 atom stereocenters. The molecule has 36 heavy (non-hydrogen) atoms. The van der Waals surface area contributed by atoms with Gasteiger partial charge < -0.3 is 20.5 Å². The predicted octanol–water partition coefficient (Wildman–Crippen LogP) is 3.99. The molecule has 1 saturated carbocycles. The summed E-state index contributed by atoms with van der Waals surface area (Å²) in [6.07, 6.45) is 8.32. The lowest BCUT2D eigenvalue weighted by atomic mass is 9.79. The second kappa shape index (κ2) is 11.0. The molecule has 0 bridgehead atoms. The van der Waals surface area contributed by atoms with Gasteiger partial charge in [-0.1, -0.05) is 18.2 Å². The molecule has 3 heterocycles. The fourth-order valence-corrected chi connectivity index (χ4v) is 4.97. The minimum atomic E-state index is -1.07. The minimum absolute atomic E-state index is 0.157. The Hall–Kier alpha value is -3.52. The maximum absolute atomic E-state index is 12.6. The number of benzene rings is 1. The SMILES string of the molecule is O=C(NC(CCO[C@H]1C[C@H](CCc2ccc3c(n2)NCCC3)C1)C(=O)O)c1ccc2cccnc2c1. The van der Waals surface area contributed by atoms with Crippen molar-refractivity contribution in [3.8, 4) is 0 Å². The number of pyridine rings is 2. The van der Waals surface area contributed by atoms with Crippen molar-refractivity contribution in [2.45, 2.75) is 57.1 Å². The van der Waals surface area contributed by atoms with Crippen molar-refractivity contribution in [3.63, 3.8) is 0 Å². The van der Waals surface area contributed by atoms with Crippen LogP contribution in [-0.4, -0.2) is 52.2 Å². The molecule has 1 fully saturated rings. The molecule has 0 spiro atoms. The summed E-state index contributed by atoms with van der Waals surface area (Å²) >= 11 is 0. The fraction of sp³-hybridized carbons (Fsp3) is 0.429. The molecule has 1 amide bonds. The summed E-state index contributed by atoms with van der Waals surface area (Å²) in [4.78, 5) is 33.4. The molecular formula is C28H32N4O4. The van der Waals surface area contributed by atoms with Gasteiger partial charge in [0.25, 0.3) is 5.91 Å². The van der Waals surface area contributed by atoms with Gasteiger partial charge in [-0.05, 0) is 74.3 Å². The molecule has 3 aromatic rings. The van der Waals surface area contributed by atoms with Crippen LogP contribution in [0.15, 0.2) is 48.7 Å². The molecule has 8 heteroatoms. The maximum Gasteiger partial charge on any atom is 0.326 e. The third kappa shape index (κ3) is 5.82. The zero-order valence-electron chi connectivity index (χ0n) is 20.3. The highest BCUT2D eigenvalue weighted by molar-refractivity contribution is 5.99. The number of nitrogens with one attached hydrogen (secondary N) is 2. The van der Waals surface area contributed by atoms with E-state index in [0.29, 0.717) is 23.6 Å². The van der Waals surface area contributed by atoms with E-state index in [2.05, 4.69) is 27.8 Å². The second-order valence-electron chi connectivity index (χ2n) is 9.77. The number of carboxylic acids is 1. The number of carbonyl (C=O) groups excluding carboxylic acids is 1. The number of rotatable bonds is 10. The standard InChI is InChI=1S/C28H32N4O4/c33-27(21-7-6-19-3-1-12-29-25(19)17-21)32-24(28(34)35)11-14-36-23-15-18(16-23)5-9-22-10-8-20-4-2-13-30-26(20)31-22/h1,3,6-8,10,12,17-18,23-24H,2,4-5,9,11,13-16H2,(H,30,31)(H,32,33)(H,34,35)/t18-,23-,24?. The number of hydrogen-bond donors (Lipinski definition) is 3. The number of amides is 1. The molecule has 0 radical (unpaired) electrons. The van der Waals surface area contributed by atoms with E-state index < -0.39 is 17.9 Å². The van der Waals surface area contributed by atoms with Gasteiger partial charge in [-0.2, -0.15) is 0 Å². The number of aromatic nitrogens is 2. The van der Waals surface area contributed by atoms with Crippen LogP contribution in [0.3, 0.4) is 0 Å². The Balaban J connectivity index is 1.03. The van der Waals surface area contributed by atoms with Crippen molar-refractivity contribution in [1.29, 1.82) is 0 Å². The summed E-state index contributed by atoms with van der Waals surface area (Å²) in [7, 11) is 0. The van der Waals surface area contributed by atoms with Crippen LogP contribution in [0.1, 0.15) is 53.7 Å². The van der Waals surface area contributed by atoms with Gasteiger partial charge in [0.05, 0.1) is 11.6 Å². The van der Waals surface area contributed by atoms with Gasteiger partial charge in [-0.15, -0.1) is 0 Å². The van der Waals surface area contributed by atoms with E-state index in [0.717, 1.165) is 55.5 Å². The Bertz CT molecular complexity index is 1240. The Morgan fingerprint density at radius 3 is 2.94 bits per heavy atom. The van der Waals surface area contributed by atoms with Crippen LogP contribution in [0.25, 0.3) is 10.9 Å². The van der Waals surface area contributed by atoms with Gasteiger partial charge in [0.15, 0.2) is 0 Å². The van der Waals surface area contributed by atoms with Gasteiger partial charge in [0.1, 0.15) is 11.9 Å². The first-order valence-corrected chi connectivity index (χ1v) is 12.8. The normalized spacial score (nSPS) is 19.6. The van der Waals surface area contributed by atoms with Gasteiger partial charge in [0.2, 0.25) is 0 Å². The van der Waals surface area contributed by atoms with E-state index in [9.17, 15) is 14.7 Å². The number of anilines is 1. The molecule has 188 valence electrons. The van der Waals surface area contributed by atoms with Crippen LogP contribution in [0, 0.1) is 5.92 Å². The topological polar surface area (TPSA) is 113 Å². The largest absolute Gasteiger partial charge is 0.480 e. The Morgan fingerprint density at radius 1 is 1.19 bits per heavy atom. The first-order valence-electron chi connectivity index (χ1n) is 12.8. The molecule has 0 saturated heterocycles. The smallest absolute Gasteiger partial charge is 0.326 e. The van der Waals surface area contributed by atoms with Crippen LogP contribution in [0.5, 0.6) is 0 Å². The third-order valence-corrected chi connectivity index (χ3v) is 7.18. The number of carbonyl (C=O) groups is 2. The summed E-state index contributed by atoms with van der Waals surface area (Å²) in [5.74, 6) is 0.164. The van der Waals surface area contributed by atoms with E-state index in [1.165, 1.54) is 12.0 Å². The first-order chi connectivity index (χ1) is 17.5. The molecule has 1 aliphatic heterocycles. The maximum atomic E-state index is 12.6. The highest BCUT2D eigenvalue weighted by Crippen LogP contribution is 2.34. The van der Waals surface area contributed by atoms with E-state index in [1.54, 1.807) is 18.3 Å². The second-order valence-corrected chi connectivity index (χ2v) is 9.77. The van der Waals surface area contributed by atoms with Crippen molar-refractivity contribution >= 4 is 28.6 Å². The van der Waals surface area contributed by atoms with Crippen LogP contribution >= 0.6 is 0 Å². The molecule has 3 N–H and O–H groups in total. The fourth-order valence-electron chi connectivity index (χ4n) is 4.97. The third-order valence-electron chi connectivity index (χ3n) is 7.18. The Kier molecular flexibility index (Phi) is 7.41. The number of fused-ring (bicyclic) bond motifs is 2. The summed E-state index contributed by atoms with van der Waals surface area (Å²) in [5.41, 5.74) is 3.53. The molecule has 8 nitrogen and oxygen atoms in total. The quantitative estimate of drug-likeness (QED) is 0.395. The summed E-state index contributed by atoms with van der Waals surface area (Å²) in [6, 6.07) is 12.2. The van der Waals surface area contributed by atoms with Crippen LogP contribution in [0.4, 0.5) is 5.82 Å². The van der Waals surface area contributed by atoms with E-state index >= 15 is 0 Å². The number of hydrogen-bond acceptors (Lipinski definition) is 6. The highest BCUT2D eigenvalue weighted by Gasteiger charge is 2.30. The number of ether oxygens (including phenoxy) is 1. The van der Waals surface area contributed by atoms with Crippen molar-refractivity contribution in [2.24, 2.45) is 5.92 Å². The number of aryl methyl sites for hydroxylation is 2. The summed E-state index contributed by atoms with van der Waals surface area (Å²) in [5, 5.41) is 16.5. The Labute approximate surface area is 210 Å². The minimum Gasteiger partial charge on any atom is -0.480 e. The summed E-state index contributed by atoms with van der Waals surface area (Å²) in [6.45, 7) is 1.30. The van der Waals surface area contributed by atoms with E-state index in [1.807, 2.05) is 18.2 Å². The van der Waals surface area contributed by atoms with Crippen LogP contribution < -0.4 is 10.6 Å². The van der Waals surface area contributed by atoms with E-state index in [-0.39, 0.29) is 12.5 Å². The molecule has 1 aliphatic carbocycles. The average molecular weight is 489 g/mol. The van der Waals surface area contributed by atoms with Gasteiger partial charge in [-0.3, -0.25) is 9.78 Å². The molecular weight excluding hydrogens is 456 g/mol. The molecule has 1 aromatic carbocycles. The lowest BCUT2D eigenvalue weighted by Crippen LogP contribution is -2.42. The van der Waals surface area contributed by atoms with Crippen molar-refractivity contribution < 1.29 is 19.4 Å². The molecule has 2 aromatic heterocycles. The van der Waals surface area contributed by atoms with Crippen molar-refractivity contribution in [1.82, 2.24) is 15.3 Å². The molecule has 1 unspecified atom stereocenters. The van der Waals surface area contributed by atoms with Crippen molar-refractivity contribution in [2.75, 3.05) is 18.5 Å². The zero-order valence-corrected chi connectivity index (χ0v) is 20.3. The molecule has 5 rings (SSSR count). The van der Waals surface area contributed by atoms with Crippen LogP contribution in [-0.2, 0) is 22.4 Å². The first kappa shape index (κ1) is 24.2. The van der Waals surface area contributed by atoms with Gasteiger partial charge in [-0.25, -0.2) is 9.78 Å². The average Bonchev–Trinajstić information content (AvgIpc) is 2.88. The van der Waals surface area contributed by atoms with Gasteiger partial charge >= 0.3 is 5.97 Å². The van der Waals surface area contributed by atoms with E-state index in [4.69, 9.17) is 9.72 Å². The zero-order chi connectivity index (χ0) is 24.9. The molecule has 2 aliphatic rings. The number of carboxylic acid groups (broad SMARTS) is 1. The van der Waals surface area contributed by atoms with Crippen LogP contribution in [0.2, 0.25) is 0 Å². The lowest BCUT2D eigenvalue weighted by molar-refractivity contribution is -0.140.